The van der Waals surface area contributed by atoms with Crippen LogP contribution in [0.15, 0.2) is 65.7 Å². The summed E-state index contributed by atoms with van der Waals surface area (Å²) >= 11 is 0. The SMILES string of the molecule is Cc1ccnc(NC(=O)c2cc(=O)c(OCc3ccccc3)c[nH]2)c1. The van der Waals surface area contributed by atoms with Gasteiger partial charge in [0.1, 0.15) is 18.1 Å². The number of aryl methyl sites for hydroxylation is 1. The number of aromatic nitrogens is 2. The Morgan fingerprint density at radius 3 is 2.72 bits per heavy atom. The first kappa shape index (κ1) is 16.4. The van der Waals surface area contributed by atoms with Crippen molar-refractivity contribution in [1.82, 2.24) is 9.97 Å². The van der Waals surface area contributed by atoms with E-state index in [0.717, 1.165) is 11.1 Å². The second-order valence-electron chi connectivity index (χ2n) is 5.52. The van der Waals surface area contributed by atoms with E-state index < -0.39 is 5.91 Å². The van der Waals surface area contributed by atoms with Crippen LogP contribution in [0.3, 0.4) is 0 Å². The number of nitrogens with zero attached hydrogens (tertiary/aromatic N) is 1. The number of amides is 1. The predicted molar refractivity (Wildman–Crippen MR) is 94.8 cm³/mol. The molecule has 25 heavy (non-hydrogen) atoms. The highest BCUT2D eigenvalue weighted by Crippen LogP contribution is 2.09. The summed E-state index contributed by atoms with van der Waals surface area (Å²) in [5, 5.41) is 2.64. The zero-order valence-electron chi connectivity index (χ0n) is 13.7. The van der Waals surface area contributed by atoms with Gasteiger partial charge in [-0.05, 0) is 30.2 Å². The van der Waals surface area contributed by atoms with Gasteiger partial charge in [0.2, 0.25) is 5.43 Å². The van der Waals surface area contributed by atoms with Crippen LogP contribution < -0.4 is 15.5 Å². The molecule has 2 heterocycles. The second kappa shape index (κ2) is 7.44. The average Bonchev–Trinajstić information content (AvgIpc) is 2.61. The van der Waals surface area contributed by atoms with Crippen molar-refractivity contribution < 1.29 is 9.53 Å². The average molecular weight is 335 g/mol. The maximum absolute atomic E-state index is 12.2. The van der Waals surface area contributed by atoms with Crippen LogP contribution in [-0.4, -0.2) is 15.9 Å². The molecule has 0 aliphatic carbocycles. The fourth-order valence-corrected chi connectivity index (χ4v) is 2.23. The van der Waals surface area contributed by atoms with Crippen LogP contribution >= 0.6 is 0 Å². The van der Waals surface area contributed by atoms with Gasteiger partial charge in [0.25, 0.3) is 5.91 Å². The second-order valence-corrected chi connectivity index (χ2v) is 5.52. The number of hydrogen-bond acceptors (Lipinski definition) is 4. The van der Waals surface area contributed by atoms with Gasteiger partial charge in [-0.3, -0.25) is 9.59 Å². The van der Waals surface area contributed by atoms with Gasteiger partial charge in [0.15, 0.2) is 5.75 Å². The van der Waals surface area contributed by atoms with E-state index in [9.17, 15) is 9.59 Å². The Kier molecular flexibility index (Phi) is 4.89. The zero-order chi connectivity index (χ0) is 17.6. The van der Waals surface area contributed by atoms with Crippen LogP contribution in [-0.2, 0) is 6.61 Å². The molecule has 0 spiro atoms. The monoisotopic (exact) mass is 335 g/mol. The molecular formula is C19H17N3O3. The maximum atomic E-state index is 12.2. The van der Waals surface area contributed by atoms with Crippen molar-refractivity contribution in [2.75, 3.05) is 5.32 Å². The third kappa shape index (κ3) is 4.32. The number of H-pyrrole nitrogens is 1. The van der Waals surface area contributed by atoms with Crippen molar-refractivity contribution in [3.05, 3.63) is 88.0 Å². The molecule has 6 nitrogen and oxygen atoms in total. The number of pyridine rings is 2. The van der Waals surface area contributed by atoms with E-state index in [1.807, 2.05) is 43.3 Å². The van der Waals surface area contributed by atoms with Gasteiger partial charge in [0.05, 0.1) is 0 Å². The van der Waals surface area contributed by atoms with Gasteiger partial charge in [-0.15, -0.1) is 0 Å². The van der Waals surface area contributed by atoms with Gasteiger partial charge in [-0.25, -0.2) is 4.98 Å². The van der Waals surface area contributed by atoms with E-state index in [-0.39, 0.29) is 23.5 Å². The summed E-state index contributed by atoms with van der Waals surface area (Å²) in [5.74, 6) is 0.147. The number of anilines is 1. The predicted octanol–water partition coefficient (Wildman–Crippen LogP) is 2.91. The fourth-order valence-electron chi connectivity index (χ4n) is 2.23. The van der Waals surface area contributed by atoms with E-state index in [1.54, 1.807) is 12.3 Å². The van der Waals surface area contributed by atoms with Crippen LogP contribution in [0.2, 0.25) is 0 Å². The topological polar surface area (TPSA) is 84.1 Å². The summed E-state index contributed by atoms with van der Waals surface area (Å²) in [6, 6.07) is 14.3. The van der Waals surface area contributed by atoms with Crippen molar-refractivity contribution in [1.29, 1.82) is 0 Å². The van der Waals surface area contributed by atoms with Crippen LogP contribution in [0.4, 0.5) is 5.82 Å². The Labute approximate surface area is 144 Å². The van der Waals surface area contributed by atoms with E-state index in [0.29, 0.717) is 5.82 Å². The molecule has 0 unspecified atom stereocenters. The highest BCUT2D eigenvalue weighted by Gasteiger charge is 2.11. The largest absolute Gasteiger partial charge is 0.483 e. The molecule has 1 amide bonds. The van der Waals surface area contributed by atoms with Crippen molar-refractivity contribution >= 4 is 11.7 Å². The summed E-state index contributed by atoms with van der Waals surface area (Å²) in [6.45, 7) is 2.18. The third-order valence-electron chi connectivity index (χ3n) is 3.52. The Bertz CT molecular complexity index is 936. The number of ether oxygens (including phenoxy) is 1. The minimum atomic E-state index is -0.440. The number of benzene rings is 1. The van der Waals surface area contributed by atoms with Crippen molar-refractivity contribution in [3.63, 3.8) is 0 Å². The summed E-state index contributed by atoms with van der Waals surface area (Å²) in [7, 11) is 0. The van der Waals surface area contributed by atoms with E-state index in [2.05, 4.69) is 15.3 Å². The van der Waals surface area contributed by atoms with Crippen LogP contribution in [0.25, 0.3) is 0 Å². The Hall–Kier alpha value is -3.41. The van der Waals surface area contributed by atoms with Gasteiger partial charge >= 0.3 is 0 Å². The van der Waals surface area contributed by atoms with Gasteiger partial charge < -0.3 is 15.0 Å². The lowest BCUT2D eigenvalue weighted by Gasteiger charge is -2.08. The molecule has 0 atom stereocenters. The third-order valence-corrected chi connectivity index (χ3v) is 3.52. The molecule has 2 aromatic heterocycles. The van der Waals surface area contributed by atoms with Gasteiger partial charge in [0, 0.05) is 18.5 Å². The van der Waals surface area contributed by atoms with E-state index >= 15 is 0 Å². The molecular weight excluding hydrogens is 318 g/mol. The molecule has 0 saturated carbocycles. The Morgan fingerprint density at radius 2 is 2.00 bits per heavy atom. The highest BCUT2D eigenvalue weighted by atomic mass is 16.5. The van der Waals surface area contributed by atoms with Crippen LogP contribution in [0.1, 0.15) is 21.6 Å². The molecule has 0 bridgehead atoms. The van der Waals surface area contributed by atoms with Crippen LogP contribution in [0.5, 0.6) is 5.75 Å². The summed E-state index contributed by atoms with van der Waals surface area (Å²) in [4.78, 5) is 31.2. The van der Waals surface area contributed by atoms with Crippen molar-refractivity contribution in [2.24, 2.45) is 0 Å². The molecule has 0 saturated heterocycles. The smallest absolute Gasteiger partial charge is 0.273 e. The molecule has 0 radical (unpaired) electrons. The van der Waals surface area contributed by atoms with Crippen molar-refractivity contribution in [3.8, 4) is 5.75 Å². The first-order valence-corrected chi connectivity index (χ1v) is 7.75. The van der Waals surface area contributed by atoms with E-state index in [4.69, 9.17) is 4.74 Å². The summed E-state index contributed by atoms with van der Waals surface area (Å²) in [6.07, 6.45) is 3.00. The highest BCUT2D eigenvalue weighted by molar-refractivity contribution is 6.02. The maximum Gasteiger partial charge on any atom is 0.273 e. The lowest BCUT2D eigenvalue weighted by Crippen LogP contribution is -2.18. The fraction of sp³-hybridized carbons (Fsp3) is 0.105. The standard InChI is InChI=1S/C19H17N3O3/c1-13-7-8-20-18(9-13)22-19(24)15-10-16(23)17(11-21-15)25-12-14-5-3-2-4-6-14/h2-11H,12H2,1H3,(H,21,23)(H,20,22,24). The number of hydrogen-bond donors (Lipinski definition) is 2. The quantitative estimate of drug-likeness (QED) is 0.751. The molecule has 0 aliphatic rings. The lowest BCUT2D eigenvalue weighted by atomic mass is 10.2. The molecule has 1 aromatic carbocycles. The number of aromatic amines is 1. The molecule has 3 aromatic rings. The summed E-state index contributed by atoms with van der Waals surface area (Å²) < 4.78 is 5.50. The number of rotatable bonds is 5. The summed E-state index contributed by atoms with van der Waals surface area (Å²) in [5.41, 5.74) is 1.70. The molecule has 126 valence electrons. The molecule has 0 fully saturated rings. The minimum absolute atomic E-state index is 0.139. The first-order valence-electron chi connectivity index (χ1n) is 7.75. The molecule has 2 N–H and O–H groups in total. The lowest BCUT2D eigenvalue weighted by molar-refractivity contribution is 0.102. The number of nitrogens with one attached hydrogen (secondary N) is 2. The van der Waals surface area contributed by atoms with Gasteiger partial charge in [-0.2, -0.15) is 0 Å². The Balaban J connectivity index is 1.68. The number of carbonyl (C=O) groups excluding carboxylic acids is 1. The molecule has 3 rings (SSSR count). The normalized spacial score (nSPS) is 10.3. The van der Waals surface area contributed by atoms with Crippen LogP contribution in [0, 0.1) is 6.92 Å². The van der Waals surface area contributed by atoms with E-state index in [1.165, 1.54) is 12.3 Å². The zero-order valence-corrected chi connectivity index (χ0v) is 13.7. The number of carbonyl (C=O) groups is 1. The Morgan fingerprint density at radius 1 is 1.20 bits per heavy atom. The first-order chi connectivity index (χ1) is 12.1. The molecule has 6 heteroatoms. The minimum Gasteiger partial charge on any atom is -0.483 e. The van der Waals surface area contributed by atoms with Gasteiger partial charge in [-0.1, -0.05) is 30.3 Å². The molecule has 0 aliphatic heterocycles. The van der Waals surface area contributed by atoms with Crippen molar-refractivity contribution in [2.45, 2.75) is 13.5 Å².